The number of halogens is 2. The van der Waals surface area contributed by atoms with Gasteiger partial charge in [0.2, 0.25) is 0 Å². The van der Waals surface area contributed by atoms with Gasteiger partial charge in [0.15, 0.2) is 0 Å². The van der Waals surface area contributed by atoms with E-state index >= 15 is 0 Å². The fraction of sp³-hybridized carbons (Fsp3) is 0.226. The van der Waals surface area contributed by atoms with Crippen molar-refractivity contribution in [2.45, 2.75) is 76.3 Å². The third-order valence-electron chi connectivity index (χ3n) is 11.4. The smallest absolute Gasteiger partial charge is 1.00 e. The van der Waals surface area contributed by atoms with E-state index in [1.54, 1.807) is 6.49 Å². The number of benzene rings is 6. The van der Waals surface area contributed by atoms with Crippen molar-refractivity contribution in [3.05, 3.63) is 199 Å². The van der Waals surface area contributed by atoms with E-state index in [2.05, 4.69) is 207 Å². The summed E-state index contributed by atoms with van der Waals surface area (Å²) in [6.07, 6.45) is 8.26. The Labute approximate surface area is 355 Å². The SMILES string of the molecule is Cc1cccc([C](c2cccc(C)c2)=[Zr+2]([C]2=CC=CC2)[CH]2c3cc(-c4ccccc4)c(C(C)(C)C)cc3-c3cc(C(C)(C)C)c(-c4ccccc4)cc32)c1.[Cl-].[Cl-]. The van der Waals surface area contributed by atoms with E-state index < -0.39 is 21.3 Å². The zero-order valence-corrected chi connectivity index (χ0v) is 37.9. The Bertz CT molecular complexity index is 2330. The Morgan fingerprint density at radius 3 is 1.34 bits per heavy atom. The molecular formula is C53H52Cl2Zr. The molecule has 8 rings (SSSR count). The van der Waals surface area contributed by atoms with E-state index in [0.29, 0.717) is 3.63 Å². The number of fused-ring (bicyclic) bond motifs is 3. The van der Waals surface area contributed by atoms with Crippen LogP contribution >= 0.6 is 0 Å². The van der Waals surface area contributed by atoms with Crippen molar-refractivity contribution in [2.24, 2.45) is 0 Å². The minimum absolute atomic E-state index is 0. The molecule has 0 aromatic heterocycles. The summed E-state index contributed by atoms with van der Waals surface area (Å²) < 4.78 is 3.57. The van der Waals surface area contributed by atoms with Gasteiger partial charge in [0.05, 0.1) is 0 Å². The molecule has 0 bridgehead atoms. The average Bonchev–Trinajstić information content (AvgIpc) is 3.79. The summed E-state index contributed by atoms with van der Waals surface area (Å²) in [5.41, 5.74) is 19.4. The van der Waals surface area contributed by atoms with Crippen LogP contribution < -0.4 is 24.8 Å². The number of rotatable bonds is 6. The monoisotopic (exact) mass is 848 g/mol. The van der Waals surface area contributed by atoms with Gasteiger partial charge in [-0.1, -0.05) is 0 Å². The molecule has 0 fully saturated rings. The largest absolute Gasteiger partial charge is 1.00 e. The Hall–Kier alpha value is -3.87. The fourth-order valence-electron chi connectivity index (χ4n) is 8.83. The van der Waals surface area contributed by atoms with Crippen LogP contribution in [0.25, 0.3) is 33.4 Å². The summed E-state index contributed by atoms with van der Waals surface area (Å²) in [6.45, 7) is 18.8. The third-order valence-corrected chi connectivity index (χ3v) is 19.7. The van der Waals surface area contributed by atoms with Gasteiger partial charge >= 0.3 is 334 Å². The van der Waals surface area contributed by atoms with Crippen molar-refractivity contribution in [1.29, 1.82) is 0 Å². The molecule has 282 valence electrons. The van der Waals surface area contributed by atoms with Crippen LogP contribution in [-0.4, -0.2) is 3.21 Å². The second-order valence-corrected chi connectivity index (χ2v) is 23.7. The summed E-state index contributed by atoms with van der Waals surface area (Å²) in [5, 5.41) is 0. The molecule has 2 aliphatic carbocycles. The quantitative estimate of drug-likeness (QED) is 0.159. The van der Waals surface area contributed by atoms with Gasteiger partial charge in [-0.2, -0.15) is 0 Å². The van der Waals surface area contributed by atoms with E-state index in [1.807, 2.05) is 0 Å². The van der Waals surface area contributed by atoms with Crippen molar-refractivity contribution in [2.75, 3.05) is 0 Å². The molecule has 0 spiro atoms. The molecule has 0 heterocycles. The minimum Gasteiger partial charge on any atom is -1.00 e. The zero-order chi connectivity index (χ0) is 37.8. The third kappa shape index (κ3) is 7.98. The summed E-state index contributed by atoms with van der Waals surface area (Å²) in [4.78, 5) is 0. The molecule has 0 atom stereocenters. The minimum atomic E-state index is -2.95. The number of hydrogen-bond donors (Lipinski definition) is 0. The maximum absolute atomic E-state index is 2.95. The molecule has 0 amide bonds. The first-order chi connectivity index (χ1) is 25.9. The molecule has 3 heteroatoms. The molecule has 0 unspecified atom stereocenters. The molecular weight excluding hydrogens is 799 g/mol. The van der Waals surface area contributed by atoms with Crippen LogP contribution in [0.4, 0.5) is 0 Å². The number of hydrogen-bond acceptors (Lipinski definition) is 0. The van der Waals surface area contributed by atoms with Gasteiger partial charge in [0.1, 0.15) is 0 Å². The first-order valence-electron chi connectivity index (χ1n) is 19.6. The van der Waals surface area contributed by atoms with Crippen molar-refractivity contribution < 1.29 is 46.1 Å². The maximum Gasteiger partial charge on any atom is -1.00 e. The second kappa shape index (κ2) is 16.5. The normalized spacial score (nSPS) is 13.2. The van der Waals surface area contributed by atoms with E-state index in [0.717, 1.165) is 6.42 Å². The van der Waals surface area contributed by atoms with Gasteiger partial charge in [-0.15, -0.1) is 0 Å². The van der Waals surface area contributed by atoms with Crippen LogP contribution in [0.5, 0.6) is 0 Å². The summed E-state index contributed by atoms with van der Waals surface area (Å²) in [5.74, 6) is 0. The molecule has 6 aromatic rings. The summed E-state index contributed by atoms with van der Waals surface area (Å²) >= 11 is -2.95. The second-order valence-electron chi connectivity index (χ2n) is 17.5. The van der Waals surface area contributed by atoms with Gasteiger partial charge in [0.25, 0.3) is 0 Å². The first-order valence-corrected chi connectivity index (χ1v) is 23.5. The van der Waals surface area contributed by atoms with Crippen LogP contribution in [0.3, 0.4) is 0 Å². The van der Waals surface area contributed by atoms with E-state index in [1.165, 1.54) is 77.9 Å². The van der Waals surface area contributed by atoms with Crippen LogP contribution in [-0.2, 0) is 32.1 Å². The predicted molar refractivity (Wildman–Crippen MR) is 229 cm³/mol. The molecule has 0 radical (unpaired) electrons. The Balaban J connectivity index is 0.00000266. The van der Waals surface area contributed by atoms with Crippen LogP contribution in [0.2, 0.25) is 0 Å². The molecule has 56 heavy (non-hydrogen) atoms. The van der Waals surface area contributed by atoms with Crippen molar-refractivity contribution >= 4 is 3.21 Å². The molecule has 0 nitrogen and oxygen atoms in total. The molecule has 0 saturated carbocycles. The molecule has 0 N–H and O–H groups in total. The van der Waals surface area contributed by atoms with Crippen molar-refractivity contribution in [3.8, 4) is 33.4 Å². The standard InChI is InChI=1S/C33H33.C15H14.C5H5.2ClH.Zr/c1-32(2,3)30-20-26-24(18-28(30)22-13-9-7-10-14-22)17-25-19-29(23-15-11-8-12-16-23)31(21-27(25)26)33(4,5)6;1-12-5-3-7-14(9-12)11-15-8-4-6-13(2)10-15;1-2-4-5-3-1;;;/h7-21H,1-6H3;3-10H,1-2H3;1-3H,4H2;2*1H;/q;;;;;+2/p-2. The topological polar surface area (TPSA) is 0 Å². The van der Waals surface area contributed by atoms with E-state index in [-0.39, 0.29) is 35.6 Å². The van der Waals surface area contributed by atoms with Gasteiger partial charge in [-0.3, -0.25) is 0 Å². The molecule has 0 aliphatic heterocycles. The molecule has 0 saturated heterocycles. The Morgan fingerprint density at radius 1 is 0.518 bits per heavy atom. The van der Waals surface area contributed by atoms with Crippen molar-refractivity contribution in [3.63, 3.8) is 0 Å². The maximum atomic E-state index is 2.64. The number of allylic oxidation sites excluding steroid dienone is 4. The summed E-state index contributed by atoms with van der Waals surface area (Å²) in [6, 6.07) is 51.5. The van der Waals surface area contributed by atoms with Gasteiger partial charge < -0.3 is 24.8 Å². The first kappa shape index (κ1) is 41.8. The summed E-state index contributed by atoms with van der Waals surface area (Å²) in [7, 11) is 0. The van der Waals surface area contributed by atoms with Crippen molar-refractivity contribution in [1.82, 2.24) is 0 Å². The van der Waals surface area contributed by atoms with Gasteiger partial charge in [-0.25, -0.2) is 0 Å². The van der Waals surface area contributed by atoms with E-state index in [9.17, 15) is 0 Å². The van der Waals surface area contributed by atoms with Crippen LogP contribution in [0.15, 0.2) is 155 Å². The van der Waals surface area contributed by atoms with E-state index in [4.69, 9.17) is 0 Å². The van der Waals surface area contributed by atoms with Crippen LogP contribution in [0.1, 0.15) is 96.1 Å². The molecule has 6 aromatic carbocycles. The van der Waals surface area contributed by atoms with Gasteiger partial charge in [-0.05, 0) is 0 Å². The predicted octanol–water partition coefficient (Wildman–Crippen LogP) is 8.04. The fourth-order valence-corrected chi connectivity index (χ4v) is 17.7. The Kier molecular flexibility index (Phi) is 12.3. The number of aryl methyl sites for hydroxylation is 2. The molecule has 2 aliphatic rings. The average molecular weight is 851 g/mol. The van der Waals surface area contributed by atoms with Gasteiger partial charge in [0, 0.05) is 0 Å². The zero-order valence-electron chi connectivity index (χ0n) is 34.0. The Morgan fingerprint density at radius 2 is 0.964 bits per heavy atom. The van der Waals surface area contributed by atoms with Crippen LogP contribution in [0, 0.1) is 13.8 Å².